The number of aromatic nitrogens is 2. The van der Waals surface area contributed by atoms with E-state index in [4.69, 9.17) is 5.26 Å². The third-order valence-electron chi connectivity index (χ3n) is 2.91. The molecule has 86 valence electrons. The summed E-state index contributed by atoms with van der Waals surface area (Å²) >= 11 is 0. The number of hydrogen-bond acceptors (Lipinski definition) is 4. The fourth-order valence-corrected chi connectivity index (χ4v) is 1.24. The van der Waals surface area contributed by atoms with E-state index in [1.54, 1.807) is 0 Å². The summed E-state index contributed by atoms with van der Waals surface area (Å²) in [6.45, 7) is 9.99. The largest absolute Gasteiger partial charge is 0.363 e. The maximum absolute atomic E-state index is 9.14. The third-order valence-corrected chi connectivity index (χ3v) is 2.91. The van der Waals surface area contributed by atoms with Crippen LogP contribution in [0.2, 0.25) is 0 Å². The molecule has 1 N–H and O–H groups in total. The molecule has 1 aromatic heterocycles. The minimum absolute atomic E-state index is 0.0814. The maximum Gasteiger partial charge on any atom is 0.167 e. The molecule has 4 heteroatoms. The normalized spacial score (nSPS) is 11.0. The van der Waals surface area contributed by atoms with Crippen molar-refractivity contribution < 1.29 is 0 Å². The van der Waals surface area contributed by atoms with Gasteiger partial charge < -0.3 is 5.32 Å². The van der Waals surface area contributed by atoms with E-state index in [9.17, 15) is 0 Å². The van der Waals surface area contributed by atoms with Gasteiger partial charge in [0, 0.05) is 5.54 Å². The van der Waals surface area contributed by atoms with Gasteiger partial charge in [-0.3, -0.25) is 0 Å². The molecule has 0 saturated carbocycles. The van der Waals surface area contributed by atoms with Crippen LogP contribution < -0.4 is 5.32 Å². The maximum atomic E-state index is 9.14. The molecule has 0 aliphatic heterocycles. The van der Waals surface area contributed by atoms with Crippen LogP contribution in [-0.2, 0) is 0 Å². The number of aryl methyl sites for hydroxylation is 1. The van der Waals surface area contributed by atoms with Crippen molar-refractivity contribution in [3.05, 3.63) is 16.8 Å². The molecule has 0 atom stereocenters. The van der Waals surface area contributed by atoms with Gasteiger partial charge in [0.15, 0.2) is 5.82 Å². The highest BCUT2D eigenvalue weighted by molar-refractivity contribution is 5.56. The average molecular weight is 218 g/mol. The first kappa shape index (κ1) is 12.4. The Morgan fingerprint density at radius 2 is 1.94 bits per heavy atom. The molecule has 0 amide bonds. The molecule has 1 aromatic rings. The second-order valence-electron chi connectivity index (χ2n) is 4.61. The fourth-order valence-electron chi connectivity index (χ4n) is 1.24. The second kappa shape index (κ2) is 4.48. The molecule has 0 fully saturated rings. The highest BCUT2D eigenvalue weighted by Gasteiger charge is 2.19. The van der Waals surface area contributed by atoms with Crippen LogP contribution in [0, 0.1) is 25.2 Å². The zero-order valence-corrected chi connectivity index (χ0v) is 10.5. The zero-order valence-electron chi connectivity index (χ0n) is 10.5. The van der Waals surface area contributed by atoms with E-state index in [0.717, 1.165) is 17.7 Å². The van der Waals surface area contributed by atoms with Gasteiger partial charge in [0.1, 0.15) is 11.6 Å². The van der Waals surface area contributed by atoms with Crippen LogP contribution >= 0.6 is 0 Å². The van der Waals surface area contributed by atoms with Gasteiger partial charge in [-0.2, -0.15) is 10.4 Å². The number of nitriles is 1. The topological polar surface area (TPSA) is 61.6 Å². The van der Waals surface area contributed by atoms with Crippen LogP contribution in [0.3, 0.4) is 0 Å². The minimum Gasteiger partial charge on any atom is -0.363 e. The van der Waals surface area contributed by atoms with Gasteiger partial charge in [0.2, 0.25) is 0 Å². The second-order valence-corrected chi connectivity index (χ2v) is 4.61. The first-order chi connectivity index (χ1) is 7.41. The van der Waals surface area contributed by atoms with Gasteiger partial charge in [-0.25, -0.2) is 0 Å². The molecular weight excluding hydrogens is 200 g/mol. The predicted molar refractivity (Wildman–Crippen MR) is 64.2 cm³/mol. The van der Waals surface area contributed by atoms with Gasteiger partial charge in [-0.05, 0) is 39.7 Å². The van der Waals surface area contributed by atoms with Crippen molar-refractivity contribution in [1.82, 2.24) is 10.2 Å². The molecule has 0 aliphatic carbocycles. The van der Waals surface area contributed by atoms with E-state index in [2.05, 4.69) is 42.4 Å². The van der Waals surface area contributed by atoms with Crippen LogP contribution in [0.5, 0.6) is 0 Å². The number of nitrogens with zero attached hydrogens (tertiary/aromatic N) is 3. The van der Waals surface area contributed by atoms with Crippen LogP contribution in [0.15, 0.2) is 0 Å². The fraction of sp³-hybridized carbons (Fsp3) is 0.583. The van der Waals surface area contributed by atoms with Crippen LogP contribution in [0.1, 0.15) is 44.0 Å². The van der Waals surface area contributed by atoms with Gasteiger partial charge in [0.05, 0.1) is 5.69 Å². The summed E-state index contributed by atoms with van der Waals surface area (Å²) in [6.07, 6.45) is 0.951. The van der Waals surface area contributed by atoms with E-state index in [0.29, 0.717) is 11.4 Å². The molecule has 0 aliphatic rings. The Morgan fingerprint density at radius 1 is 1.31 bits per heavy atom. The summed E-state index contributed by atoms with van der Waals surface area (Å²) in [5.41, 5.74) is 2.21. The summed E-state index contributed by atoms with van der Waals surface area (Å²) in [5.74, 6) is 0.581. The van der Waals surface area contributed by atoms with Crippen molar-refractivity contribution in [3.8, 4) is 6.07 Å². The Balaban J connectivity index is 3.17. The van der Waals surface area contributed by atoms with Crippen molar-refractivity contribution in [3.63, 3.8) is 0 Å². The van der Waals surface area contributed by atoms with Gasteiger partial charge in [-0.1, -0.05) is 6.92 Å². The Kier molecular flexibility index (Phi) is 3.48. The van der Waals surface area contributed by atoms with Gasteiger partial charge >= 0.3 is 0 Å². The molecule has 1 heterocycles. The lowest BCUT2D eigenvalue weighted by Gasteiger charge is -2.25. The Labute approximate surface area is 96.7 Å². The summed E-state index contributed by atoms with van der Waals surface area (Å²) in [6, 6.07) is 2.19. The summed E-state index contributed by atoms with van der Waals surface area (Å²) in [5, 5.41) is 20.5. The highest BCUT2D eigenvalue weighted by atomic mass is 15.2. The minimum atomic E-state index is -0.0814. The predicted octanol–water partition coefficient (Wildman–Crippen LogP) is 2.57. The van der Waals surface area contributed by atoms with Crippen molar-refractivity contribution in [2.24, 2.45) is 0 Å². The van der Waals surface area contributed by atoms with Crippen LogP contribution in [0.4, 0.5) is 5.82 Å². The lowest BCUT2D eigenvalue weighted by Crippen LogP contribution is -2.31. The van der Waals surface area contributed by atoms with E-state index in [1.807, 2.05) is 13.8 Å². The van der Waals surface area contributed by atoms with Crippen molar-refractivity contribution >= 4 is 5.82 Å². The molecule has 0 radical (unpaired) electrons. The van der Waals surface area contributed by atoms with E-state index in [-0.39, 0.29) is 5.54 Å². The standard InChI is InChI=1S/C12H18N4/c1-6-12(4,5)14-11-10(7-13)8(2)9(3)15-16-11/h6H2,1-5H3,(H,14,16). The van der Waals surface area contributed by atoms with Crippen molar-refractivity contribution in [2.45, 2.75) is 46.6 Å². The average Bonchev–Trinajstić information content (AvgIpc) is 2.24. The molecule has 4 nitrogen and oxygen atoms in total. The Morgan fingerprint density at radius 3 is 2.44 bits per heavy atom. The zero-order chi connectivity index (χ0) is 12.3. The van der Waals surface area contributed by atoms with E-state index in [1.165, 1.54) is 0 Å². The van der Waals surface area contributed by atoms with E-state index < -0.39 is 0 Å². The number of nitrogens with one attached hydrogen (secondary N) is 1. The highest BCUT2D eigenvalue weighted by Crippen LogP contribution is 2.22. The van der Waals surface area contributed by atoms with Crippen LogP contribution in [0.25, 0.3) is 0 Å². The third kappa shape index (κ3) is 2.48. The number of hydrogen-bond donors (Lipinski definition) is 1. The Bertz CT molecular complexity index is 429. The molecule has 0 unspecified atom stereocenters. The Hall–Kier alpha value is -1.63. The van der Waals surface area contributed by atoms with Crippen LogP contribution in [-0.4, -0.2) is 15.7 Å². The molecular formula is C12H18N4. The monoisotopic (exact) mass is 218 g/mol. The SMILES string of the molecule is CCC(C)(C)Nc1nnc(C)c(C)c1C#N. The smallest absolute Gasteiger partial charge is 0.167 e. The molecule has 16 heavy (non-hydrogen) atoms. The van der Waals surface area contributed by atoms with Gasteiger partial charge in [0.25, 0.3) is 0 Å². The van der Waals surface area contributed by atoms with Crippen molar-refractivity contribution in [1.29, 1.82) is 5.26 Å². The first-order valence-corrected chi connectivity index (χ1v) is 5.43. The molecule has 0 bridgehead atoms. The molecule has 1 rings (SSSR count). The first-order valence-electron chi connectivity index (χ1n) is 5.43. The number of rotatable bonds is 3. The van der Waals surface area contributed by atoms with Crippen molar-refractivity contribution in [2.75, 3.05) is 5.32 Å². The molecule has 0 saturated heterocycles. The molecule has 0 aromatic carbocycles. The quantitative estimate of drug-likeness (QED) is 0.847. The summed E-state index contributed by atoms with van der Waals surface area (Å²) < 4.78 is 0. The summed E-state index contributed by atoms with van der Waals surface area (Å²) in [7, 11) is 0. The molecule has 0 spiro atoms. The number of anilines is 1. The van der Waals surface area contributed by atoms with Gasteiger partial charge in [-0.15, -0.1) is 5.10 Å². The summed E-state index contributed by atoms with van der Waals surface area (Å²) in [4.78, 5) is 0. The lowest BCUT2D eigenvalue weighted by atomic mass is 10.0. The van der Waals surface area contributed by atoms with E-state index >= 15 is 0 Å². The lowest BCUT2D eigenvalue weighted by molar-refractivity contribution is 0.543.